The lowest BCUT2D eigenvalue weighted by atomic mass is 9.99. The SMILES string of the molecule is O=[SH](=O)NCc1ccccc1-c1ccc2[nH]c(COc3ccc(C4CC4)cc3)nc2c1. The first kappa shape index (κ1) is 19.8. The zero-order valence-corrected chi connectivity index (χ0v) is 17.8. The van der Waals surface area contributed by atoms with Gasteiger partial charge in [0.15, 0.2) is 0 Å². The van der Waals surface area contributed by atoms with Crippen LogP contribution in [0.3, 0.4) is 0 Å². The number of rotatable bonds is 8. The van der Waals surface area contributed by atoms with Gasteiger partial charge in [-0.3, -0.25) is 0 Å². The van der Waals surface area contributed by atoms with Crippen molar-refractivity contribution < 1.29 is 13.2 Å². The van der Waals surface area contributed by atoms with Gasteiger partial charge >= 0.3 is 0 Å². The Morgan fingerprint density at radius 3 is 2.61 bits per heavy atom. The minimum Gasteiger partial charge on any atom is -0.486 e. The van der Waals surface area contributed by atoms with Gasteiger partial charge in [-0.25, -0.2) is 18.1 Å². The second-order valence-corrected chi connectivity index (χ2v) is 8.63. The average molecular weight is 434 g/mol. The van der Waals surface area contributed by atoms with Crippen molar-refractivity contribution in [2.24, 2.45) is 0 Å². The summed E-state index contributed by atoms with van der Waals surface area (Å²) in [5.41, 5.74) is 6.05. The van der Waals surface area contributed by atoms with E-state index >= 15 is 0 Å². The quantitative estimate of drug-likeness (QED) is 0.362. The molecule has 0 atom stereocenters. The first-order valence-corrected chi connectivity index (χ1v) is 11.5. The molecule has 0 spiro atoms. The molecule has 31 heavy (non-hydrogen) atoms. The van der Waals surface area contributed by atoms with E-state index in [1.54, 1.807) is 0 Å². The van der Waals surface area contributed by atoms with E-state index in [-0.39, 0.29) is 6.54 Å². The number of H-pyrrole nitrogens is 1. The minimum absolute atomic E-state index is 0.256. The van der Waals surface area contributed by atoms with Crippen LogP contribution in [0.15, 0.2) is 66.7 Å². The minimum atomic E-state index is -2.64. The molecule has 7 heteroatoms. The van der Waals surface area contributed by atoms with Crippen molar-refractivity contribution in [2.75, 3.05) is 0 Å². The first-order chi connectivity index (χ1) is 15.2. The molecule has 158 valence electrons. The number of nitrogens with one attached hydrogen (secondary N) is 2. The Kier molecular flexibility index (Phi) is 5.44. The third kappa shape index (κ3) is 4.62. The average Bonchev–Trinajstić information content (AvgIpc) is 3.56. The number of imidazole rings is 1. The highest BCUT2D eigenvalue weighted by atomic mass is 32.2. The van der Waals surface area contributed by atoms with Crippen LogP contribution < -0.4 is 9.46 Å². The molecule has 1 aromatic heterocycles. The number of thiol groups is 1. The number of nitrogens with zero attached hydrogens (tertiary/aromatic N) is 1. The molecule has 4 aromatic rings. The third-order valence-electron chi connectivity index (χ3n) is 5.56. The fourth-order valence-electron chi connectivity index (χ4n) is 3.80. The molecule has 2 N–H and O–H groups in total. The maximum absolute atomic E-state index is 10.9. The Hall–Kier alpha value is -3.16. The van der Waals surface area contributed by atoms with Crippen molar-refractivity contribution in [3.05, 3.63) is 83.7 Å². The van der Waals surface area contributed by atoms with E-state index in [1.807, 2.05) is 54.6 Å². The molecule has 1 aliphatic rings. The van der Waals surface area contributed by atoms with E-state index in [2.05, 4.69) is 26.8 Å². The lowest BCUT2D eigenvalue weighted by Crippen LogP contribution is -2.10. The van der Waals surface area contributed by atoms with E-state index in [0.29, 0.717) is 6.61 Å². The van der Waals surface area contributed by atoms with E-state index < -0.39 is 10.9 Å². The van der Waals surface area contributed by atoms with Gasteiger partial charge in [0.25, 0.3) is 0 Å². The summed E-state index contributed by atoms with van der Waals surface area (Å²) in [5.74, 6) is 2.34. The molecule has 0 aliphatic heterocycles. The zero-order chi connectivity index (χ0) is 21.2. The maximum Gasteiger partial charge on any atom is 0.201 e. The summed E-state index contributed by atoms with van der Waals surface area (Å²) in [6, 6.07) is 22.1. The lowest BCUT2D eigenvalue weighted by Gasteiger charge is -2.08. The van der Waals surface area contributed by atoms with Gasteiger partial charge in [0.2, 0.25) is 10.9 Å². The number of fused-ring (bicyclic) bond motifs is 1. The Morgan fingerprint density at radius 1 is 1.03 bits per heavy atom. The fourth-order valence-corrected chi connectivity index (χ4v) is 4.10. The van der Waals surface area contributed by atoms with Crippen LogP contribution in [0, 0.1) is 0 Å². The van der Waals surface area contributed by atoms with Crippen LogP contribution in [0.25, 0.3) is 22.2 Å². The predicted molar refractivity (Wildman–Crippen MR) is 121 cm³/mol. The van der Waals surface area contributed by atoms with Crippen LogP contribution in [0.4, 0.5) is 0 Å². The van der Waals surface area contributed by atoms with Gasteiger partial charge in [0.1, 0.15) is 18.2 Å². The van der Waals surface area contributed by atoms with Gasteiger partial charge in [0.05, 0.1) is 11.0 Å². The van der Waals surface area contributed by atoms with Gasteiger partial charge in [-0.05, 0) is 65.3 Å². The van der Waals surface area contributed by atoms with Gasteiger partial charge in [-0.1, -0.05) is 42.5 Å². The van der Waals surface area contributed by atoms with E-state index in [9.17, 15) is 8.42 Å². The standard InChI is InChI=1S/C24H23N3O3S/c28-31(29)25-14-19-3-1-2-4-21(19)18-9-12-22-23(13-18)27-24(26-22)15-30-20-10-7-17(8-11-20)16-5-6-16/h1-4,7-13,16,31H,5-6,14-15H2,(H,26,27)(H,25,28,29). The summed E-state index contributed by atoms with van der Waals surface area (Å²) >= 11 is 0. The highest BCUT2D eigenvalue weighted by Crippen LogP contribution is 2.40. The molecule has 1 saturated carbocycles. The molecule has 0 bridgehead atoms. The molecule has 0 amide bonds. The summed E-state index contributed by atoms with van der Waals surface area (Å²) in [5, 5.41) is 0. The van der Waals surface area contributed by atoms with Gasteiger partial charge in [-0.15, -0.1) is 0 Å². The number of benzene rings is 3. The van der Waals surface area contributed by atoms with Crippen LogP contribution in [0.5, 0.6) is 5.75 Å². The van der Waals surface area contributed by atoms with Crippen LogP contribution in [0.1, 0.15) is 35.7 Å². The molecule has 1 fully saturated rings. The summed E-state index contributed by atoms with van der Waals surface area (Å²) in [6.45, 7) is 0.621. The molecule has 6 nitrogen and oxygen atoms in total. The van der Waals surface area contributed by atoms with Crippen molar-refractivity contribution >= 4 is 21.9 Å². The molecule has 0 saturated heterocycles. The molecule has 1 aliphatic carbocycles. The summed E-state index contributed by atoms with van der Waals surface area (Å²) in [4.78, 5) is 7.99. The molecule has 1 heterocycles. The van der Waals surface area contributed by atoms with Crippen molar-refractivity contribution in [1.82, 2.24) is 14.7 Å². The van der Waals surface area contributed by atoms with Gasteiger partial charge < -0.3 is 9.72 Å². The molecule has 0 unspecified atom stereocenters. The summed E-state index contributed by atoms with van der Waals surface area (Å²) in [6.07, 6.45) is 2.58. The number of aromatic amines is 1. The Bertz CT molecular complexity index is 1280. The lowest BCUT2D eigenvalue weighted by molar-refractivity contribution is 0.297. The van der Waals surface area contributed by atoms with Crippen LogP contribution >= 0.6 is 0 Å². The van der Waals surface area contributed by atoms with E-state index in [4.69, 9.17) is 4.74 Å². The Balaban J connectivity index is 1.33. The number of hydrogen-bond donors (Lipinski definition) is 3. The smallest absolute Gasteiger partial charge is 0.201 e. The molecular weight excluding hydrogens is 410 g/mol. The van der Waals surface area contributed by atoms with Crippen molar-refractivity contribution in [3.63, 3.8) is 0 Å². The molecule has 3 aromatic carbocycles. The Labute approximate surface area is 182 Å². The largest absolute Gasteiger partial charge is 0.486 e. The van der Waals surface area contributed by atoms with E-state index in [1.165, 1.54) is 18.4 Å². The predicted octanol–water partition coefficient (Wildman–Crippen LogP) is 4.30. The van der Waals surface area contributed by atoms with Crippen LogP contribution in [-0.2, 0) is 24.0 Å². The van der Waals surface area contributed by atoms with Crippen molar-refractivity contribution in [2.45, 2.75) is 31.9 Å². The van der Waals surface area contributed by atoms with Crippen LogP contribution in [0.2, 0.25) is 0 Å². The fraction of sp³-hybridized carbons (Fsp3) is 0.208. The topological polar surface area (TPSA) is 84.1 Å². The highest BCUT2D eigenvalue weighted by molar-refractivity contribution is 7.70. The summed E-state index contributed by atoms with van der Waals surface area (Å²) < 4.78 is 30.2. The van der Waals surface area contributed by atoms with Gasteiger partial charge in [-0.2, -0.15) is 0 Å². The third-order valence-corrected chi connectivity index (χ3v) is 5.98. The Morgan fingerprint density at radius 2 is 1.84 bits per heavy atom. The maximum atomic E-state index is 10.9. The number of hydrogen-bond acceptors (Lipinski definition) is 4. The zero-order valence-electron chi connectivity index (χ0n) is 16.9. The highest BCUT2D eigenvalue weighted by Gasteiger charge is 2.23. The molecule has 5 rings (SSSR count). The molecule has 0 radical (unpaired) electrons. The van der Waals surface area contributed by atoms with Crippen molar-refractivity contribution in [3.8, 4) is 16.9 Å². The monoisotopic (exact) mass is 433 g/mol. The second-order valence-electron chi connectivity index (χ2n) is 7.80. The number of aromatic nitrogens is 2. The number of ether oxygens (including phenoxy) is 1. The second kappa shape index (κ2) is 8.53. The van der Waals surface area contributed by atoms with Gasteiger partial charge in [0, 0.05) is 6.54 Å². The molecular formula is C24H23N3O3S. The van der Waals surface area contributed by atoms with Crippen LogP contribution in [-0.4, -0.2) is 18.4 Å². The summed E-state index contributed by atoms with van der Waals surface area (Å²) in [7, 11) is -2.64. The first-order valence-electron chi connectivity index (χ1n) is 10.3. The van der Waals surface area contributed by atoms with Crippen molar-refractivity contribution in [1.29, 1.82) is 0 Å². The normalized spacial score (nSPS) is 13.7. The van der Waals surface area contributed by atoms with E-state index in [0.717, 1.165) is 45.2 Å².